The van der Waals surface area contributed by atoms with Crippen molar-refractivity contribution in [3.8, 4) is 0 Å². The van der Waals surface area contributed by atoms with E-state index in [1.807, 2.05) is 37.3 Å². The highest BCUT2D eigenvalue weighted by Gasteiger charge is 2.06. The van der Waals surface area contributed by atoms with Gasteiger partial charge in [0.05, 0.1) is 0 Å². The summed E-state index contributed by atoms with van der Waals surface area (Å²) in [4.78, 5) is 18.6. The Labute approximate surface area is 174 Å². The molecular weight excluding hydrogens is 362 g/mol. The van der Waals surface area contributed by atoms with Crippen LogP contribution in [-0.4, -0.2) is 45.1 Å². The van der Waals surface area contributed by atoms with Gasteiger partial charge in [-0.25, -0.2) is 0 Å². The number of carbonyl (C=O) groups is 1. The Balaban J connectivity index is 1.77. The van der Waals surface area contributed by atoms with Gasteiger partial charge < -0.3 is 20.9 Å². The molecule has 156 valence electrons. The summed E-state index contributed by atoms with van der Waals surface area (Å²) in [7, 11) is 1.77. The molecule has 2 aromatic carbocycles. The molecule has 29 heavy (non-hydrogen) atoms. The van der Waals surface area contributed by atoms with Crippen molar-refractivity contribution in [3.05, 3.63) is 65.7 Å². The van der Waals surface area contributed by atoms with E-state index >= 15 is 0 Å². The van der Waals surface area contributed by atoms with Crippen molar-refractivity contribution in [2.24, 2.45) is 4.99 Å². The standard InChI is InChI=1S/C23H33N5O/c1-4-25-22(29)20-12-9-11-19(17-20)18-27-23(24-3)26-15-10-16-28(5-2)21-13-7-6-8-14-21/h6-9,11-14,17H,4-5,10,15-16,18H2,1-3H3,(H,25,29)(H2,24,26,27). The van der Waals surface area contributed by atoms with E-state index in [1.54, 1.807) is 7.05 Å². The molecule has 0 saturated heterocycles. The van der Waals surface area contributed by atoms with Crippen molar-refractivity contribution in [3.63, 3.8) is 0 Å². The van der Waals surface area contributed by atoms with E-state index in [2.05, 4.69) is 57.0 Å². The van der Waals surface area contributed by atoms with Crippen LogP contribution in [0.4, 0.5) is 5.69 Å². The summed E-state index contributed by atoms with van der Waals surface area (Å²) in [5.41, 5.74) is 2.97. The van der Waals surface area contributed by atoms with E-state index in [-0.39, 0.29) is 5.91 Å². The lowest BCUT2D eigenvalue weighted by atomic mass is 10.1. The summed E-state index contributed by atoms with van der Waals surface area (Å²) in [6.45, 7) is 8.13. The molecule has 0 atom stereocenters. The number of anilines is 1. The minimum atomic E-state index is -0.0456. The highest BCUT2D eigenvalue weighted by atomic mass is 16.1. The van der Waals surface area contributed by atoms with Gasteiger partial charge in [-0.2, -0.15) is 0 Å². The second-order valence-electron chi connectivity index (χ2n) is 6.68. The quantitative estimate of drug-likeness (QED) is 0.329. The number of nitrogens with one attached hydrogen (secondary N) is 3. The van der Waals surface area contributed by atoms with E-state index in [0.29, 0.717) is 18.7 Å². The number of hydrogen-bond donors (Lipinski definition) is 3. The average Bonchev–Trinajstić information content (AvgIpc) is 2.77. The second kappa shape index (κ2) is 12.4. The number of para-hydroxylation sites is 1. The maximum atomic E-state index is 12.0. The van der Waals surface area contributed by atoms with Gasteiger partial charge in [-0.3, -0.25) is 9.79 Å². The number of benzene rings is 2. The fourth-order valence-electron chi connectivity index (χ4n) is 3.08. The largest absolute Gasteiger partial charge is 0.372 e. The summed E-state index contributed by atoms with van der Waals surface area (Å²) < 4.78 is 0. The number of hydrogen-bond acceptors (Lipinski definition) is 3. The Kier molecular flexibility index (Phi) is 9.55. The Hall–Kier alpha value is -3.02. The minimum Gasteiger partial charge on any atom is -0.372 e. The van der Waals surface area contributed by atoms with Gasteiger partial charge in [0, 0.05) is 51.0 Å². The molecule has 6 heteroatoms. The molecule has 0 aliphatic heterocycles. The molecule has 0 radical (unpaired) electrons. The van der Waals surface area contributed by atoms with Crippen LogP contribution in [0.2, 0.25) is 0 Å². The fourth-order valence-corrected chi connectivity index (χ4v) is 3.08. The molecule has 0 aliphatic carbocycles. The predicted molar refractivity (Wildman–Crippen MR) is 122 cm³/mol. The third-order valence-electron chi connectivity index (χ3n) is 4.61. The van der Waals surface area contributed by atoms with Crippen molar-refractivity contribution >= 4 is 17.6 Å². The molecule has 3 N–H and O–H groups in total. The first-order valence-corrected chi connectivity index (χ1v) is 10.3. The number of guanidine groups is 1. The molecule has 0 fully saturated rings. The van der Waals surface area contributed by atoms with Crippen LogP contribution >= 0.6 is 0 Å². The Morgan fingerprint density at radius 3 is 2.48 bits per heavy atom. The topological polar surface area (TPSA) is 68.8 Å². The van der Waals surface area contributed by atoms with Crippen LogP contribution in [0, 0.1) is 0 Å². The lowest BCUT2D eigenvalue weighted by Crippen LogP contribution is -2.38. The zero-order chi connectivity index (χ0) is 20.9. The van der Waals surface area contributed by atoms with Gasteiger partial charge in [0.2, 0.25) is 0 Å². The minimum absolute atomic E-state index is 0.0456. The van der Waals surface area contributed by atoms with E-state index in [1.165, 1.54) is 5.69 Å². The molecule has 6 nitrogen and oxygen atoms in total. The van der Waals surface area contributed by atoms with Gasteiger partial charge in [0.15, 0.2) is 5.96 Å². The number of rotatable bonds is 10. The van der Waals surface area contributed by atoms with Crippen molar-refractivity contribution in [1.82, 2.24) is 16.0 Å². The molecule has 0 spiro atoms. The molecule has 0 aliphatic rings. The Morgan fingerprint density at radius 1 is 1.00 bits per heavy atom. The number of aliphatic imine (C=N–C) groups is 1. The monoisotopic (exact) mass is 395 g/mol. The van der Waals surface area contributed by atoms with E-state index in [0.717, 1.165) is 37.6 Å². The maximum Gasteiger partial charge on any atom is 0.251 e. The molecule has 0 bridgehead atoms. The van der Waals surface area contributed by atoms with Gasteiger partial charge in [0.25, 0.3) is 5.91 Å². The molecule has 0 unspecified atom stereocenters. The van der Waals surface area contributed by atoms with Crippen LogP contribution in [0.15, 0.2) is 59.6 Å². The highest BCUT2D eigenvalue weighted by Crippen LogP contribution is 2.12. The van der Waals surface area contributed by atoms with Gasteiger partial charge in [-0.05, 0) is 50.1 Å². The third kappa shape index (κ3) is 7.49. The molecule has 0 aromatic heterocycles. The number of nitrogens with zero attached hydrogens (tertiary/aromatic N) is 2. The van der Waals surface area contributed by atoms with Gasteiger partial charge >= 0.3 is 0 Å². The summed E-state index contributed by atoms with van der Waals surface area (Å²) in [5.74, 6) is 0.715. The van der Waals surface area contributed by atoms with Crippen LogP contribution < -0.4 is 20.9 Å². The third-order valence-corrected chi connectivity index (χ3v) is 4.61. The summed E-state index contributed by atoms with van der Waals surface area (Å²) in [6, 6.07) is 18.1. The first-order valence-electron chi connectivity index (χ1n) is 10.3. The highest BCUT2D eigenvalue weighted by molar-refractivity contribution is 5.94. The molecule has 0 heterocycles. The zero-order valence-corrected chi connectivity index (χ0v) is 17.7. The van der Waals surface area contributed by atoms with Gasteiger partial charge in [-0.1, -0.05) is 30.3 Å². The Morgan fingerprint density at radius 2 is 1.79 bits per heavy atom. The molecular formula is C23H33N5O. The van der Waals surface area contributed by atoms with Crippen molar-refractivity contribution in [1.29, 1.82) is 0 Å². The average molecular weight is 396 g/mol. The summed E-state index contributed by atoms with van der Waals surface area (Å²) in [6.07, 6.45) is 1.01. The molecule has 1 amide bonds. The van der Waals surface area contributed by atoms with Crippen molar-refractivity contribution in [2.45, 2.75) is 26.8 Å². The van der Waals surface area contributed by atoms with E-state index < -0.39 is 0 Å². The first-order chi connectivity index (χ1) is 14.2. The van der Waals surface area contributed by atoms with Gasteiger partial charge in [-0.15, -0.1) is 0 Å². The smallest absolute Gasteiger partial charge is 0.251 e. The molecule has 2 rings (SSSR count). The second-order valence-corrected chi connectivity index (χ2v) is 6.68. The fraction of sp³-hybridized carbons (Fsp3) is 0.391. The number of carbonyl (C=O) groups excluding carboxylic acids is 1. The lowest BCUT2D eigenvalue weighted by Gasteiger charge is -2.23. The Bertz CT molecular complexity index is 776. The molecule has 2 aromatic rings. The van der Waals surface area contributed by atoms with Crippen LogP contribution in [0.1, 0.15) is 36.2 Å². The van der Waals surface area contributed by atoms with Crippen LogP contribution in [0.3, 0.4) is 0 Å². The van der Waals surface area contributed by atoms with E-state index in [4.69, 9.17) is 0 Å². The lowest BCUT2D eigenvalue weighted by molar-refractivity contribution is 0.0955. The maximum absolute atomic E-state index is 12.0. The summed E-state index contributed by atoms with van der Waals surface area (Å²) in [5, 5.41) is 9.50. The van der Waals surface area contributed by atoms with Gasteiger partial charge in [0.1, 0.15) is 0 Å². The first kappa shape index (κ1) is 22.3. The van der Waals surface area contributed by atoms with Crippen LogP contribution in [0.25, 0.3) is 0 Å². The van der Waals surface area contributed by atoms with Crippen LogP contribution in [0.5, 0.6) is 0 Å². The van der Waals surface area contributed by atoms with Crippen molar-refractivity contribution in [2.75, 3.05) is 38.1 Å². The van der Waals surface area contributed by atoms with E-state index in [9.17, 15) is 4.79 Å². The predicted octanol–water partition coefficient (Wildman–Crippen LogP) is 3.02. The normalized spacial score (nSPS) is 11.1. The van der Waals surface area contributed by atoms with Crippen molar-refractivity contribution < 1.29 is 4.79 Å². The number of amides is 1. The molecule has 0 saturated carbocycles. The SMILES string of the molecule is CCNC(=O)c1cccc(CNC(=NC)NCCCN(CC)c2ccccc2)c1. The van der Waals surface area contributed by atoms with Crippen LogP contribution in [-0.2, 0) is 6.54 Å². The zero-order valence-electron chi connectivity index (χ0n) is 17.7. The summed E-state index contributed by atoms with van der Waals surface area (Å²) >= 11 is 0.